The van der Waals surface area contributed by atoms with E-state index in [4.69, 9.17) is 5.26 Å². The number of aromatic nitrogens is 1. The molecule has 0 amide bonds. The molecule has 0 fully saturated rings. The summed E-state index contributed by atoms with van der Waals surface area (Å²) in [4.78, 5) is 3.71. The zero-order chi connectivity index (χ0) is 16.9. The van der Waals surface area contributed by atoms with E-state index in [1.807, 2.05) is 6.07 Å². The SMILES string of the molecule is Cc1ccc(F)c(S(=O)(=O)N(CCC#N)Cc2ccccn2)c1. The van der Waals surface area contributed by atoms with Crippen molar-refractivity contribution in [1.82, 2.24) is 9.29 Å². The van der Waals surface area contributed by atoms with Crippen molar-refractivity contribution in [3.05, 3.63) is 59.7 Å². The second-order valence-electron chi connectivity index (χ2n) is 5.00. The van der Waals surface area contributed by atoms with Gasteiger partial charge in [0.05, 0.1) is 18.3 Å². The van der Waals surface area contributed by atoms with Crippen LogP contribution in [0.5, 0.6) is 0 Å². The van der Waals surface area contributed by atoms with Crippen LogP contribution in [0.2, 0.25) is 0 Å². The highest BCUT2D eigenvalue weighted by atomic mass is 32.2. The summed E-state index contributed by atoms with van der Waals surface area (Å²) in [5.74, 6) is -0.807. The third-order valence-corrected chi connectivity index (χ3v) is 5.10. The monoisotopic (exact) mass is 333 g/mol. The molecule has 0 spiro atoms. The average Bonchev–Trinajstić information content (AvgIpc) is 2.54. The fraction of sp³-hybridized carbons (Fsp3) is 0.250. The predicted octanol–water partition coefficient (Wildman–Crippen LogP) is 2.63. The van der Waals surface area contributed by atoms with Gasteiger partial charge in [0.15, 0.2) is 0 Å². The number of halogens is 1. The number of hydrogen-bond acceptors (Lipinski definition) is 4. The van der Waals surface area contributed by atoms with Gasteiger partial charge >= 0.3 is 0 Å². The minimum atomic E-state index is -4.06. The first-order chi connectivity index (χ1) is 10.9. The van der Waals surface area contributed by atoms with Crippen LogP contribution >= 0.6 is 0 Å². The van der Waals surface area contributed by atoms with Gasteiger partial charge < -0.3 is 0 Å². The van der Waals surface area contributed by atoms with Crippen LogP contribution in [0.4, 0.5) is 4.39 Å². The molecule has 23 heavy (non-hydrogen) atoms. The van der Waals surface area contributed by atoms with Crippen LogP contribution in [0.25, 0.3) is 0 Å². The van der Waals surface area contributed by atoms with Gasteiger partial charge in [0.2, 0.25) is 10.0 Å². The maximum atomic E-state index is 14.0. The van der Waals surface area contributed by atoms with Crippen molar-refractivity contribution in [3.63, 3.8) is 0 Å². The van der Waals surface area contributed by atoms with Crippen molar-refractivity contribution < 1.29 is 12.8 Å². The third-order valence-electron chi connectivity index (χ3n) is 3.24. The number of pyridine rings is 1. The molecule has 0 N–H and O–H groups in total. The van der Waals surface area contributed by atoms with Gasteiger partial charge in [-0.1, -0.05) is 12.1 Å². The molecule has 1 heterocycles. The van der Waals surface area contributed by atoms with Gasteiger partial charge in [-0.2, -0.15) is 9.57 Å². The molecular weight excluding hydrogens is 317 g/mol. The lowest BCUT2D eigenvalue weighted by atomic mass is 10.2. The molecule has 0 aliphatic carbocycles. The molecule has 120 valence electrons. The van der Waals surface area contributed by atoms with Gasteiger partial charge in [-0.3, -0.25) is 4.98 Å². The summed E-state index contributed by atoms with van der Waals surface area (Å²) >= 11 is 0. The highest BCUT2D eigenvalue weighted by Gasteiger charge is 2.27. The van der Waals surface area contributed by atoms with E-state index in [0.29, 0.717) is 11.3 Å². The number of hydrogen-bond donors (Lipinski definition) is 0. The van der Waals surface area contributed by atoms with Crippen LogP contribution in [0.1, 0.15) is 17.7 Å². The number of nitrogens with zero attached hydrogens (tertiary/aromatic N) is 3. The molecule has 0 atom stereocenters. The first-order valence-corrected chi connectivity index (χ1v) is 8.42. The fourth-order valence-corrected chi connectivity index (χ4v) is 3.64. The van der Waals surface area contributed by atoms with E-state index < -0.39 is 15.8 Å². The lowest BCUT2D eigenvalue weighted by Crippen LogP contribution is -2.32. The Hall–Kier alpha value is -2.30. The van der Waals surface area contributed by atoms with E-state index in [-0.39, 0.29) is 24.4 Å². The van der Waals surface area contributed by atoms with Gasteiger partial charge in [-0.25, -0.2) is 12.8 Å². The molecule has 7 heteroatoms. The quantitative estimate of drug-likeness (QED) is 0.814. The van der Waals surface area contributed by atoms with Crippen molar-refractivity contribution in [2.75, 3.05) is 6.54 Å². The summed E-state index contributed by atoms with van der Waals surface area (Å²) in [5.41, 5.74) is 1.17. The van der Waals surface area contributed by atoms with E-state index in [0.717, 1.165) is 10.4 Å². The van der Waals surface area contributed by atoms with Gasteiger partial charge in [0.1, 0.15) is 10.7 Å². The van der Waals surface area contributed by atoms with Crippen molar-refractivity contribution in [2.45, 2.75) is 24.8 Å². The molecule has 0 aliphatic heterocycles. The van der Waals surface area contributed by atoms with E-state index in [1.54, 1.807) is 31.3 Å². The molecule has 0 saturated carbocycles. The third kappa shape index (κ3) is 4.12. The Kier molecular flexibility index (Phi) is 5.42. The summed E-state index contributed by atoms with van der Waals surface area (Å²) in [5, 5.41) is 8.76. The second-order valence-corrected chi connectivity index (χ2v) is 6.91. The van der Waals surface area contributed by atoms with Crippen LogP contribution < -0.4 is 0 Å². The lowest BCUT2D eigenvalue weighted by molar-refractivity contribution is 0.405. The minimum absolute atomic E-state index is 0.0134. The first kappa shape index (κ1) is 17.1. The normalized spacial score (nSPS) is 11.4. The van der Waals surface area contributed by atoms with Crippen LogP contribution in [0.15, 0.2) is 47.5 Å². The molecular formula is C16H16FN3O2S. The highest BCUT2D eigenvalue weighted by molar-refractivity contribution is 7.89. The Bertz CT molecular complexity index is 817. The number of aryl methyl sites for hydroxylation is 1. The van der Waals surface area contributed by atoms with Gasteiger partial charge in [-0.15, -0.1) is 0 Å². The van der Waals surface area contributed by atoms with Gasteiger partial charge in [-0.05, 0) is 36.8 Å². The number of rotatable bonds is 6. The summed E-state index contributed by atoms with van der Waals surface area (Å²) in [7, 11) is -4.06. The van der Waals surface area contributed by atoms with Crippen molar-refractivity contribution >= 4 is 10.0 Å². The average molecular weight is 333 g/mol. The number of benzene rings is 1. The summed E-state index contributed by atoms with van der Waals surface area (Å²) < 4.78 is 40.6. The highest BCUT2D eigenvalue weighted by Crippen LogP contribution is 2.22. The first-order valence-electron chi connectivity index (χ1n) is 6.98. The van der Waals surface area contributed by atoms with Crippen LogP contribution in [-0.4, -0.2) is 24.3 Å². The Morgan fingerprint density at radius 3 is 2.74 bits per heavy atom. The topological polar surface area (TPSA) is 74.1 Å². The molecule has 1 aromatic carbocycles. The van der Waals surface area contributed by atoms with Crippen LogP contribution in [-0.2, 0) is 16.6 Å². The zero-order valence-corrected chi connectivity index (χ0v) is 13.4. The van der Waals surface area contributed by atoms with Crippen molar-refractivity contribution in [3.8, 4) is 6.07 Å². The maximum Gasteiger partial charge on any atom is 0.246 e. The lowest BCUT2D eigenvalue weighted by Gasteiger charge is -2.21. The predicted molar refractivity (Wildman–Crippen MR) is 83.2 cm³/mol. The van der Waals surface area contributed by atoms with E-state index in [1.165, 1.54) is 12.1 Å². The molecule has 2 aromatic rings. The summed E-state index contributed by atoms with van der Waals surface area (Å²) in [6.45, 7) is 1.65. The van der Waals surface area contributed by atoms with E-state index in [9.17, 15) is 12.8 Å². The Balaban J connectivity index is 2.40. The summed E-state index contributed by atoms with van der Waals surface area (Å²) in [6, 6.07) is 11.0. The van der Waals surface area contributed by atoms with Gasteiger partial charge in [0, 0.05) is 19.2 Å². The minimum Gasteiger partial charge on any atom is -0.260 e. The molecule has 0 unspecified atom stereocenters. The number of nitriles is 1. The largest absolute Gasteiger partial charge is 0.260 e. The number of sulfonamides is 1. The fourth-order valence-electron chi connectivity index (χ4n) is 2.08. The Labute approximate surface area is 135 Å². The van der Waals surface area contributed by atoms with Crippen LogP contribution in [0, 0.1) is 24.1 Å². The van der Waals surface area contributed by atoms with Crippen LogP contribution in [0.3, 0.4) is 0 Å². The second kappa shape index (κ2) is 7.31. The molecule has 0 bridgehead atoms. The molecule has 0 aliphatic rings. The molecule has 5 nitrogen and oxygen atoms in total. The standard InChI is InChI=1S/C16H16FN3O2S/c1-13-6-7-15(17)16(11-13)23(21,22)20(10-4-8-18)12-14-5-2-3-9-19-14/h2-3,5-7,9,11H,4,10,12H2,1H3. The molecule has 0 radical (unpaired) electrons. The smallest absolute Gasteiger partial charge is 0.246 e. The maximum absolute atomic E-state index is 14.0. The zero-order valence-electron chi connectivity index (χ0n) is 12.6. The van der Waals surface area contributed by atoms with Crippen molar-refractivity contribution in [2.24, 2.45) is 0 Å². The molecule has 1 aromatic heterocycles. The Morgan fingerprint density at radius 2 is 2.09 bits per heavy atom. The van der Waals surface area contributed by atoms with Gasteiger partial charge in [0.25, 0.3) is 0 Å². The molecule has 2 rings (SSSR count). The van der Waals surface area contributed by atoms with Crippen molar-refractivity contribution in [1.29, 1.82) is 5.26 Å². The van der Waals surface area contributed by atoms with E-state index >= 15 is 0 Å². The summed E-state index contributed by atoms with van der Waals surface area (Å²) in [6.07, 6.45) is 1.57. The molecule has 0 saturated heterocycles. The van der Waals surface area contributed by atoms with E-state index in [2.05, 4.69) is 4.98 Å². The Morgan fingerprint density at radius 1 is 1.30 bits per heavy atom.